The van der Waals surface area contributed by atoms with Crippen molar-refractivity contribution in [3.63, 3.8) is 0 Å². The van der Waals surface area contributed by atoms with Crippen molar-refractivity contribution in [2.24, 2.45) is 5.92 Å². The zero-order valence-corrected chi connectivity index (χ0v) is 12.7. The second-order valence-corrected chi connectivity index (χ2v) is 5.43. The second kappa shape index (κ2) is 7.41. The molecule has 18 heavy (non-hydrogen) atoms. The summed E-state index contributed by atoms with van der Waals surface area (Å²) in [5.74, 6) is 0.207. The lowest BCUT2D eigenvalue weighted by atomic mass is 10.0. The molecule has 0 bridgehead atoms. The predicted octanol–water partition coefficient (Wildman–Crippen LogP) is 3.84. The molecule has 0 radical (unpaired) electrons. The van der Waals surface area contributed by atoms with Crippen molar-refractivity contribution >= 4 is 27.6 Å². The Hall–Kier alpha value is -1.03. The summed E-state index contributed by atoms with van der Waals surface area (Å²) in [6, 6.07) is 8.02. The third-order valence-electron chi connectivity index (χ3n) is 2.69. The molecule has 0 saturated carbocycles. The van der Waals surface area contributed by atoms with E-state index in [0.29, 0.717) is 18.9 Å². The Bertz CT molecular complexity index is 376. The summed E-state index contributed by atoms with van der Waals surface area (Å²) < 4.78 is 6.03. The minimum atomic E-state index is -0.152. The molecule has 0 fully saturated rings. The average Bonchev–Trinajstić information content (AvgIpc) is 2.31. The molecule has 0 unspecified atom stereocenters. The number of carbonyl (C=O) groups excluding carboxylic acids is 1. The van der Waals surface area contributed by atoms with E-state index in [9.17, 15) is 4.79 Å². The molecule has 1 aromatic carbocycles. The maximum atomic E-state index is 11.5. The van der Waals surface area contributed by atoms with Crippen LogP contribution in [0.2, 0.25) is 0 Å². The number of rotatable bonds is 6. The summed E-state index contributed by atoms with van der Waals surface area (Å²) >= 11 is 3.40. The van der Waals surface area contributed by atoms with Gasteiger partial charge in [0, 0.05) is 16.2 Å². The van der Waals surface area contributed by atoms with Gasteiger partial charge in [-0.15, -0.1) is 0 Å². The molecule has 100 valence electrons. The van der Waals surface area contributed by atoms with Crippen molar-refractivity contribution in [2.75, 3.05) is 11.9 Å². The lowest BCUT2D eigenvalue weighted by Crippen LogP contribution is -2.29. The molecular formula is C14H20BrNO2. The number of anilines is 1. The van der Waals surface area contributed by atoms with E-state index in [1.54, 1.807) is 0 Å². The first-order valence-electron chi connectivity index (χ1n) is 6.20. The predicted molar refractivity (Wildman–Crippen MR) is 77.6 cm³/mol. The van der Waals surface area contributed by atoms with Crippen LogP contribution in [-0.4, -0.2) is 18.6 Å². The summed E-state index contributed by atoms with van der Waals surface area (Å²) in [4.78, 5) is 11.5. The van der Waals surface area contributed by atoms with Gasteiger partial charge in [0.05, 0.1) is 13.0 Å². The van der Waals surface area contributed by atoms with Crippen molar-refractivity contribution in [2.45, 2.75) is 33.2 Å². The number of hydrogen-bond acceptors (Lipinski definition) is 3. The van der Waals surface area contributed by atoms with Gasteiger partial charge in [-0.05, 0) is 37.1 Å². The first kappa shape index (κ1) is 15.0. The van der Waals surface area contributed by atoms with Gasteiger partial charge in [0.25, 0.3) is 0 Å². The number of hydrogen-bond donors (Lipinski definition) is 1. The molecule has 1 rings (SSSR count). The molecule has 0 aliphatic carbocycles. The standard InChI is InChI=1S/C14H20BrNO2/c1-4-18-14(17)9-13(10(2)3)16-12-7-5-11(15)6-8-12/h5-8,10,13,16H,4,9H2,1-3H3/t13-/m0/s1. The summed E-state index contributed by atoms with van der Waals surface area (Å²) in [5, 5.41) is 3.37. The van der Waals surface area contributed by atoms with Gasteiger partial charge in [-0.1, -0.05) is 29.8 Å². The van der Waals surface area contributed by atoms with Gasteiger partial charge < -0.3 is 10.1 Å². The van der Waals surface area contributed by atoms with Crippen molar-refractivity contribution in [3.05, 3.63) is 28.7 Å². The van der Waals surface area contributed by atoms with Crippen LogP contribution in [0, 0.1) is 5.92 Å². The largest absolute Gasteiger partial charge is 0.466 e. The Morgan fingerprint density at radius 1 is 1.33 bits per heavy atom. The van der Waals surface area contributed by atoms with Crippen LogP contribution in [0.25, 0.3) is 0 Å². The summed E-state index contributed by atoms with van der Waals surface area (Å²) in [6.07, 6.45) is 0.390. The van der Waals surface area contributed by atoms with Gasteiger partial charge in [-0.2, -0.15) is 0 Å². The van der Waals surface area contributed by atoms with Crippen LogP contribution in [0.15, 0.2) is 28.7 Å². The van der Waals surface area contributed by atoms with Gasteiger partial charge in [0.2, 0.25) is 0 Å². The average molecular weight is 314 g/mol. The molecule has 0 spiro atoms. The number of halogens is 1. The van der Waals surface area contributed by atoms with Gasteiger partial charge in [-0.3, -0.25) is 4.79 Å². The summed E-state index contributed by atoms with van der Waals surface area (Å²) in [5.41, 5.74) is 1.01. The first-order valence-corrected chi connectivity index (χ1v) is 7.00. The molecule has 4 heteroatoms. The van der Waals surface area contributed by atoms with Crippen LogP contribution in [0.3, 0.4) is 0 Å². The minimum absolute atomic E-state index is 0.0882. The molecule has 0 amide bonds. The van der Waals surface area contributed by atoms with Crippen LogP contribution < -0.4 is 5.32 Å². The van der Waals surface area contributed by atoms with Crippen molar-refractivity contribution < 1.29 is 9.53 Å². The van der Waals surface area contributed by atoms with Crippen LogP contribution in [0.5, 0.6) is 0 Å². The smallest absolute Gasteiger partial charge is 0.307 e. The minimum Gasteiger partial charge on any atom is -0.466 e. The number of nitrogens with one attached hydrogen (secondary N) is 1. The Labute approximate surface area is 117 Å². The van der Waals surface area contributed by atoms with E-state index >= 15 is 0 Å². The lowest BCUT2D eigenvalue weighted by molar-refractivity contribution is -0.143. The van der Waals surface area contributed by atoms with E-state index in [2.05, 4.69) is 35.1 Å². The third-order valence-corrected chi connectivity index (χ3v) is 3.22. The van der Waals surface area contributed by atoms with Crippen LogP contribution in [0.4, 0.5) is 5.69 Å². The second-order valence-electron chi connectivity index (χ2n) is 4.51. The van der Waals surface area contributed by atoms with Crippen LogP contribution >= 0.6 is 15.9 Å². The third kappa shape index (κ3) is 5.08. The van der Waals surface area contributed by atoms with Gasteiger partial charge in [0.15, 0.2) is 0 Å². The first-order chi connectivity index (χ1) is 8.52. The summed E-state index contributed by atoms with van der Waals surface area (Å²) in [7, 11) is 0. The van der Waals surface area contributed by atoms with E-state index in [1.807, 2.05) is 31.2 Å². The van der Waals surface area contributed by atoms with Crippen molar-refractivity contribution in [1.29, 1.82) is 0 Å². The van der Waals surface area contributed by atoms with E-state index in [0.717, 1.165) is 10.2 Å². The zero-order chi connectivity index (χ0) is 13.5. The van der Waals surface area contributed by atoms with E-state index in [1.165, 1.54) is 0 Å². The molecule has 1 aromatic rings. The monoisotopic (exact) mass is 313 g/mol. The van der Waals surface area contributed by atoms with Crippen molar-refractivity contribution in [3.8, 4) is 0 Å². The lowest BCUT2D eigenvalue weighted by Gasteiger charge is -2.22. The van der Waals surface area contributed by atoms with Gasteiger partial charge in [0.1, 0.15) is 0 Å². The van der Waals surface area contributed by atoms with Crippen LogP contribution in [0.1, 0.15) is 27.2 Å². The topological polar surface area (TPSA) is 38.3 Å². The molecule has 0 aromatic heterocycles. The number of benzene rings is 1. The Morgan fingerprint density at radius 2 is 1.94 bits per heavy atom. The van der Waals surface area contributed by atoms with Crippen molar-refractivity contribution in [1.82, 2.24) is 0 Å². The highest BCUT2D eigenvalue weighted by Crippen LogP contribution is 2.18. The molecule has 0 saturated heterocycles. The normalized spacial score (nSPS) is 12.3. The quantitative estimate of drug-likeness (QED) is 0.811. The molecule has 0 aliphatic rings. The van der Waals surface area contributed by atoms with Crippen LogP contribution in [-0.2, 0) is 9.53 Å². The maximum absolute atomic E-state index is 11.5. The van der Waals surface area contributed by atoms with E-state index in [4.69, 9.17) is 4.74 Å². The van der Waals surface area contributed by atoms with Gasteiger partial charge >= 0.3 is 5.97 Å². The molecule has 0 heterocycles. The Morgan fingerprint density at radius 3 is 2.44 bits per heavy atom. The fourth-order valence-electron chi connectivity index (χ4n) is 1.61. The molecule has 1 atom stereocenters. The molecule has 1 N–H and O–H groups in total. The molecular weight excluding hydrogens is 294 g/mol. The number of esters is 1. The zero-order valence-electron chi connectivity index (χ0n) is 11.1. The fourth-order valence-corrected chi connectivity index (χ4v) is 1.88. The summed E-state index contributed by atoms with van der Waals surface area (Å²) in [6.45, 7) is 6.44. The molecule has 3 nitrogen and oxygen atoms in total. The number of ether oxygens (including phenoxy) is 1. The highest BCUT2D eigenvalue weighted by molar-refractivity contribution is 9.10. The maximum Gasteiger partial charge on any atom is 0.307 e. The van der Waals surface area contributed by atoms with Gasteiger partial charge in [-0.25, -0.2) is 0 Å². The SMILES string of the molecule is CCOC(=O)C[C@H](Nc1ccc(Br)cc1)C(C)C. The van der Waals surface area contributed by atoms with E-state index < -0.39 is 0 Å². The molecule has 0 aliphatic heterocycles. The number of carbonyl (C=O) groups is 1. The van der Waals surface area contributed by atoms with E-state index in [-0.39, 0.29) is 12.0 Å². The highest BCUT2D eigenvalue weighted by Gasteiger charge is 2.18. The Balaban J connectivity index is 2.62. The fraction of sp³-hybridized carbons (Fsp3) is 0.500. The Kier molecular flexibility index (Phi) is 6.19. The highest BCUT2D eigenvalue weighted by atomic mass is 79.9.